The average molecular weight is 259 g/mol. The minimum Gasteiger partial charge on any atom is -0.497 e. The van der Waals surface area contributed by atoms with E-state index in [0.717, 1.165) is 23.3 Å². The van der Waals surface area contributed by atoms with E-state index in [0.29, 0.717) is 11.4 Å². The van der Waals surface area contributed by atoms with Crippen molar-refractivity contribution in [3.8, 4) is 5.75 Å². The lowest BCUT2D eigenvalue weighted by atomic mass is 10.0. The van der Waals surface area contributed by atoms with E-state index in [1.807, 2.05) is 12.1 Å². The van der Waals surface area contributed by atoms with E-state index in [4.69, 9.17) is 10.5 Å². The van der Waals surface area contributed by atoms with Gasteiger partial charge in [-0.05, 0) is 36.8 Å². The molecular weight excluding hydrogens is 238 g/mol. The number of anilines is 1. The number of nitrogens with zero attached hydrogens (tertiary/aromatic N) is 2. The predicted octanol–water partition coefficient (Wildman–Crippen LogP) is 3.21. The van der Waals surface area contributed by atoms with Crippen LogP contribution in [0.5, 0.6) is 5.75 Å². The molecule has 2 aromatic rings. The summed E-state index contributed by atoms with van der Waals surface area (Å²) in [6.07, 6.45) is 5.15. The number of nitrogens with two attached hydrogens (primary N) is 1. The van der Waals surface area contributed by atoms with Gasteiger partial charge in [0.1, 0.15) is 5.75 Å². The molecule has 0 radical (unpaired) electrons. The minimum atomic E-state index is 0.469. The van der Waals surface area contributed by atoms with Crippen molar-refractivity contribution in [3.05, 3.63) is 18.2 Å². The maximum atomic E-state index is 6.09. The number of imidazole rings is 1. The van der Waals surface area contributed by atoms with Crippen molar-refractivity contribution in [1.82, 2.24) is 9.55 Å². The minimum absolute atomic E-state index is 0.469. The Hall–Kier alpha value is -1.71. The number of aromatic nitrogens is 2. The Morgan fingerprint density at radius 3 is 2.84 bits per heavy atom. The van der Waals surface area contributed by atoms with E-state index in [2.05, 4.69) is 22.5 Å². The van der Waals surface area contributed by atoms with Crippen molar-refractivity contribution in [2.24, 2.45) is 5.41 Å². The van der Waals surface area contributed by atoms with E-state index >= 15 is 0 Å². The van der Waals surface area contributed by atoms with Crippen LogP contribution in [0.1, 0.15) is 32.6 Å². The fraction of sp³-hybridized carbons (Fsp3) is 0.533. The first-order chi connectivity index (χ1) is 9.17. The molecule has 1 aromatic carbocycles. The van der Waals surface area contributed by atoms with Gasteiger partial charge >= 0.3 is 0 Å². The van der Waals surface area contributed by atoms with E-state index in [-0.39, 0.29) is 0 Å². The summed E-state index contributed by atoms with van der Waals surface area (Å²) in [4.78, 5) is 4.45. The second kappa shape index (κ2) is 4.44. The zero-order chi connectivity index (χ0) is 13.5. The third-order valence-electron chi connectivity index (χ3n) is 4.22. The monoisotopic (exact) mass is 259 g/mol. The highest BCUT2D eigenvalue weighted by Gasteiger charge is 2.42. The van der Waals surface area contributed by atoms with Crippen molar-refractivity contribution in [2.75, 3.05) is 12.8 Å². The molecule has 0 atom stereocenters. The Labute approximate surface area is 113 Å². The molecule has 1 aliphatic carbocycles. The van der Waals surface area contributed by atoms with Gasteiger partial charge in [0.15, 0.2) is 0 Å². The fourth-order valence-corrected chi connectivity index (χ4v) is 2.95. The second-order valence-electron chi connectivity index (χ2n) is 5.66. The van der Waals surface area contributed by atoms with Gasteiger partial charge in [-0.15, -0.1) is 0 Å². The topological polar surface area (TPSA) is 53.1 Å². The standard InChI is InChI=1S/C15H21N3O/c1-3-6-15(7-8-15)10-18-13-5-4-11(19-2)9-12(13)17-14(18)16/h4-5,9H,3,6-8,10H2,1-2H3,(H2,16,17). The number of rotatable bonds is 5. The van der Waals surface area contributed by atoms with Crippen LogP contribution >= 0.6 is 0 Å². The summed E-state index contributed by atoms with van der Waals surface area (Å²) in [7, 11) is 1.67. The SMILES string of the molecule is CCCC1(Cn2c(N)nc3cc(OC)ccc32)CC1. The first kappa shape index (κ1) is 12.3. The van der Waals surface area contributed by atoms with Crippen LogP contribution in [0, 0.1) is 5.41 Å². The Balaban J connectivity index is 1.97. The number of ether oxygens (including phenoxy) is 1. The number of benzene rings is 1. The molecule has 4 heteroatoms. The van der Waals surface area contributed by atoms with Gasteiger partial charge in [-0.25, -0.2) is 4.98 Å². The van der Waals surface area contributed by atoms with E-state index < -0.39 is 0 Å². The van der Waals surface area contributed by atoms with Gasteiger partial charge in [0.05, 0.1) is 18.1 Å². The Kier molecular flexibility index (Phi) is 2.88. The summed E-state index contributed by atoms with van der Waals surface area (Å²) in [6, 6.07) is 5.97. The molecular formula is C15H21N3O. The summed E-state index contributed by atoms with van der Waals surface area (Å²) in [6.45, 7) is 3.25. The van der Waals surface area contributed by atoms with Crippen LogP contribution in [0.3, 0.4) is 0 Å². The Morgan fingerprint density at radius 2 is 2.21 bits per heavy atom. The van der Waals surface area contributed by atoms with Gasteiger partial charge in [0, 0.05) is 12.6 Å². The van der Waals surface area contributed by atoms with Gasteiger partial charge in [-0.1, -0.05) is 13.3 Å². The van der Waals surface area contributed by atoms with Crippen LogP contribution in [0.4, 0.5) is 5.95 Å². The average Bonchev–Trinajstić information content (AvgIpc) is 3.09. The molecule has 1 aliphatic rings. The number of hydrogen-bond donors (Lipinski definition) is 1. The summed E-state index contributed by atoms with van der Waals surface area (Å²) in [5, 5.41) is 0. The highest BCUT2D eigenvalue weighted by Crippen LogP contribution is 2.51. The Morgan fingerprint density at radius 1 is 1.42 bits per heavy atom. The largest absolute Gasteiger partial charge is 0.497 e. The molecule has 102 valence electrons. The van der Waals surface area contributed by atoms with Crippen LogP contribution < -0.4 is 10.5 Å². The maximum Gasteiger partial charge on any atom is 0.201 e. The van der Waals surface area contributed by atoms with Crippen molar-refractivity contribution in [2.45, 2.75) is 39.2 Å². The molecule has 2 N–H and O–H groups in total. The number of fused-ring (bicyclic) bond motifs is 1. The zero-order valence-electron chi connectivity index (χ0n) is 11.6. The van der Waals surface area contributed by atoms with E-state index in [9.17, 15) is 0 Å². The first-order valence-corrected chi connectivity index (χ1v) is 6.97. The lowest BCUT2D eigenvalue weighted by Crippen LogP contribution is -2.13. The summed E-state index contributed by atoms with van der Waals surface area (Å²) >= 11 is 0. The number of methoxy groups -OCH3 is 1. The maximum absolute atomic E-state index is 6.09. The molecule has 1 heterocycles. The molecule has 0 amide bonds. The van der Waals surface area contributed by atoms with E-state index in [1.54, 1.807) is 7.11 Å². The molecule has 19 heavy (non-hydrogen) atoms. The van der Waals surface area contributed by atoms with Gasteiger partial charge in [-0.2, -0.15) is 0 Å². The van der Waals surface area contributed by atoms with Crippen LogP contribution in [0.15, 0.2) is 18.2 Å². The predicted molar refractivity (Wildman–Crippen MR) is 77.3 cm³/mol. The van der Waals surface area contributed by atoms with Gasteiger partial charge in [0.2, 0.25) is 5.95 Å². The molecule has 1 aromatic heterocycles. The van der Waals surface area contributed by atoms with Gasteiger partial charge in [0.25, 0.3) is 0 Å². The zero-order valence-corrected chi connectivity index (χ0v) is 11.6. The normalized spacial score (nSPS) is 16.7. The highest BCUT2D eigenvalue weighted by atomic mass is 16.5. The summed E-state index contributed by atoms with van der Waals surface area (Å²) in [5.74, 6) is 1.44. The third kappa shape index (κ3) is 2.15. The fourth-order valence-electron chi connectivity index (χ4n) is 2.95. The lowest BCUT2D eigenvalue weighted by Gasteiger charge is -2.16. The molecule has 0 aliphatic heterocycles. The van der Waals surface area contributed by atoms with Crippen molar-refractivity contribution in [3.63, 3.8) is 0 Å². The summed E-state index contributed by atoms with van der Waals surface area (Å²) < 4.78 is 7.40. The summed E-state index contributed by atoms with van der Waals surface area (Å²) in [5.41, 5.74) is 8.59. The molecule has 1 fully saturated rings. The highest BCUT2D eigenvalue weighted by molar-refractivity contribution is 5.79. The van der Waals surface area contributed by atoms with Crippen molar-refractivity contribution >= 4 is 17.0 Å². The molecule has 4 nitrogen and oxygen atoms in total. The molecule has 0 bridgehead atoms. The number of nitrogen functional groups attached to an aromatic ring is 1. The van der Waals surface area contributed by atoms with Gasteiger partial charge in [-0.3, -0.25) is 0 Å². The smallest absolute Gasteiger partial charge is 0.201 e. The number of hydrogen-bond acceptors (Lipinski definition) is 3. The van der Waals surface area contributed by atoms with E-state index in [1.165, 1.54) is 25.7 Å². The van der Waals surface area contributed by atoms with Crippen molar-refractivity contribution in [1.29, 1.82) is 0 Å². The second-order valence-corrected chi connectivity index (χ2v) is 5.66. The van der Waals surface area contributed by atoms with Crippen LogP contribution in [-0.4, -0.2) is 16.7 Å². The lowest BCUT2D eigenvalue weighted by molar-refractivity contribution is 0.396. The quantitative estimate of drug-likeness (QED) is 0.897. The van der Waals surface area contributed by atoms with Crippen LogP contribution in [0.25, 0.3) is 11.0 Å². The molecule has 0 unspecified atom stereocenters. The van der Waals surface area contributed by atoms with Crippen LogP contribution in [0.2, 0.25) is 0 Å². The van der Waals surface area contributed by atoms with Crippen molar-refractivity contribution < 1.29 is 4.74 Å². The Bertz CT molecular complexity index is 599. The molecule has 0 saturated heterocycles. The first-order valence-electron chi connectivity index (χ1n) is 6.97. The molecule has 0 spiro atoms. The molecule has 3 rings (SSSR count). The third-order valence-corrected chi connectivity index (χ3v) is 4.22. The van der Waals surface area contributed by atoms with Gasteiger partial charge < -0.3 is 15.0 Å². The van der Waals surface area contributed by atoms with Crippen LogP contribution in [-0.2, 0) is 6.54 Å². The molecule has 1 saturated carbocycles.